The molecule has 0 bridgehead atoms. The second-order valence-electron chi connectivity index (χ2n) is 3.98. The van der Waals surface area contributed by atoms with Crippen LogP contribution in [0, 0.1) is 0 Å². The fraction of sp³-hybridized carbons (Fsp3) is 0.500. The van der Waals surface area contributed by atoms with Crippen molar-refractivity contribution in [3.05, 3.63) is 34.9 Å². The van der Waals surface area contributed by atoms with E-state index in [9.17, 15) is 5.11 Å². The van der Waals surface area contributed by atoms with Gasteiger partial charge in [0.05, 0.1) is 6.10 Å². The SMILES string of the molecule is OC1CCCCC1c1ccccc1Cl. The molecule has 2 unspecified atom stereocenters. The van der Waals surface area contributed by atoms with E-state index in [0.717, 1.165) is 29.8 Å². The lowest BCUT2D eigenvalue weighted by Crippen LogP contribution is -2.22. The monoisotopic (exact) mass is 210 g/mol. The fourth-order valence-corrected chi connectivity index (χ4v) is 2.53. The van der Waals surface area contributed by atoms with E-state index in [1.807, 2.05) is 24.3 Å². The van der Waals surface area contributed by atoms with Gasteiger partial charge in [0.15, 0.2) is 0 Å². The van der Waals surface area contributed by atoms with Crippen LogP contribution >= 0.6 is 11.6 Å². The largest absolute Gasteiger partial charge is 0.392 e. The molecular formula is C12H15ClO. The number of aliphatic hydroxyl groups is 1. The summed E-state index contributed by atoms with van der Waals surface area (Å²) in [6, 6.07) is 7.85. The van der Waals surface area contributed by atoms with E-state index in [0.29, 0.717) is 0 Å². The molecule has 0 amide bonds. The van der Waals surface area contributed by atoms with Crippen LogP contribution in [-0.2, 0) is 0 Å². The van der Waals surface area contributed by atoms with E-state index < -0.39 is 0 Å². The third kappa shape index (κ3) is 1.94. The van der Waals surface area contributed by atoms with E-state index in [1.54, 1.807) is 0 Å². The van der Waals surface area contributed by atoms with Gasteiger partial charge in [-0.2, -0.15) is 0 Å². The quantitative estimate of drug-likeness (QED) is 0.754. The lowest BCUT2D eigenvalue weighted by molar-refractivity contribution is 0.106. The third-order valence-electron chi connectivity index (χ3n) is 3.03. The Morgan fingerprint density at radius 3 is 2.57 bits per heavy atom. The van der Waals surface area contributed by atoms with Crippen molar-refractivity contribution in [2.24, 2.45) is 0 Å². The fourth-order valence-electron chi connectivity index (χ4n) is 2.25. The first-order valence-corrected chi connectivity index (χ1v) is 5.59. The summed E-state index contributed by atoms with van der Waals surface area (Å²) < 4.78 is 0. The molecule has 0 heterocycles. The Morgan fingerprint density at radius 1 is 1.14 bits per heavy atom. The first kappa shape index (κ1) is 10.0. The van der Waals surface area contributed by atoms with Gasteiger partial charge in [0.1, 0.15) is 0 Å². The average Bonchev–Trinajstić information content (AvgIpc) is 2.20. The highest BCUT2D eigenvalue weighted by Crippen LogP contribution is 2.36. The second-order valence-corrected chi connectivity index (χ2v) is 4.39. The van der Waals surface area contributed by atoms with Gasteiger partial charge in [0.25, 0.3) is 0 Å². The summed E-state index contributed by atoms with van der Waals surface area (Å²) in [6.07, 6.45) is 4.11. The Balaban J connectivity index is 2.25. The molecule has 0 saturated heterocycles. The summed E-state index contributed by atoms with van der Waals surface area (Å²) in [5.74, 6) is 0.248. The van der Waals surface area contributed by atoms with Crippen LogP contribution in [0.5, 0.6) is 0 Å². The molecule has 2 atom stereocenters. The third-order valence-corrected chi connectivity index (χ3v) is 3.38. The van der Waals surface area contributed by atoms with Crippen molar-refractivity contribution < 1.29 is 5.11 Å². The second kappa shape index (κ2) is 4.33. The van der Waals surface area contributed by atoms with Crippen molar-refractivity contribution in [1.82, 2.24) is 0 Å². The molecule has 0 spiro atoms. The zero-order chi connectivity index (χ0) is 9.97. The molecule has 1 aliphatic carbocycles. The van der Waals surface area contributed by atoms with Crippen LogP contribution < -0.4 is 0 Å². The van der Waals surface area contributed by atoms with Crippen LogP contribution in [0.15, 0.2) is 24.3 Å². The number of halogens is 1. The molecule has 1 aromatic carbocycles. The van der Waals surface area contributed by atoms with E-state index >= 15 is 0 Å². The highest BCUT2D eigenvalue weighted by atomic mass is 35.5. The van der Waals surface area contributed by atoms with Gasteiger partial charge in [0, 0.05) is 10.9 Å². The average molecular weight is 211 g/mol. The molecule has 2 rings (SSSR count). The molecule has 14 heavy (non-hydrogen) atoms. The number of hydrogen-bond acceptors (Lipinski definition) is 1. The van der Waals surface area contributed by atoms with E-state index in [-0.39, 0.29) is 12.0 Å². The van der Waals surface area contributed by atoms with Gasteiger partial charge in [-0.05, 0) is 24.5 Å². The summed E-state index contributed by atoms with van der Waals surface area (Å²) in [6.45, 7) is 0. The van der Waals surface area contributed by atoms with Crippen molar-refractivity contribution in [2.45, 2.75) is 37.7 Å². The van der Waals surface area contributed by atoms with Gasteiger partial charge in [-0.3, -0.25) is 0 Å². The lowest BCUT2D eigenvalue weighted by atomic mass is 9.82. The minimum atomic E-state index is -0.205. The Kier molecular flexibility index (Phi) is 3.09. The van der Waals surface area contributed by atoms with Crippen LogP contribution in [0.2, 0.25) is 5.02 Å². The summed E-state index contributed by atoms with van der Waals surface area (Å²) >= 11 is 6.11. The summed E-state index contributed by atoms with van der Waals surface area (Å²) in [5, 5.41) is 10.7. The highest BCUT2D eigenvalue weighted by Gasteiger charge is 2.25. The van der Waals surface area contributed by atoms with Gasteiger partial charge < -0.3 is 5.11 Å². The molecule has 76 valence electrons. The maximum atomic E-state index is 9.89. The Bertz CT molecular complexity index is 311. The maximum absolute atomic E-state index is 9.89. The predicted octanol–water partition coefficient (Wildman–Crippen LogP) is 3.36. The maximum Gasteiger partial charge on any atom is 0.0609 e. The highest BCUT2D eigenvalue weighted by molar-refractivity contribution is 6.31. The summed E-state index contributed by atoms with van der Waals surface area (Å²) in [5.41, 5.74) is 1.11. The predicted molar refractivity (Wildman–Crippen MR) is 58.7 cm³/mol. The lowest BCUT2D eigenvalue weighted by Gasteiger charge is -2.28. The zero-order valence-corrected chi connectivity index (χ0v) is 8.87. The van der Waals surface area contributed by atoms with Crippen LogP contribution in [0.4, 0.5) is 0 Å². The van der Waals surface area contributed by atoms with Gasteiger partial charge in [0.2, 0.25) is 0 Å². The topological polar surface area (TPSA) is 20.2 Å². The van der Waals surface area contributed by atoms with E-state index in [4.69, 9.17) is 11.6 Å². The Labute approximate surface area is 89.7 Å². The normalized spacial score (nSPS) is 27.6. The molecule has 1 nitrogen and oxygen atoms in total. The van der Waals surface area contributed by atoms with Crippen LogP contribution in [0.1, 0.15) is 37.2 Å². The molecule has 1 aliphatic rings. The standard InChI is InChI=1S/C12H15ClO/c13-11-7-3-1-5-9(11)10-6-2-4-8-12(10)14/h1,3,5,7,10,12,14H,2,4,6,8H2. The number of hydrogen-bond donors (Lipinski definition) is 1. The Hall–Kier alpha value is -0.530. The molecule has 1 aromatic rings. The molecule has 1 fully saturated rings. The van der Waals surface area contributed by atoms with Crippen molar-refractivity contribution >= 4 is 11.6 Å². The minimum absolute atomic E-state index is 0.205. The smallest absolute Gasteiger partial charge is 0.0609 e. The molecule has 2 heteroatoms. The van der Waals surface area contributed by atoms with E-state index in [1.165, 1.54) is 6.42 Å². The van der Waals surface area contributed by atoms with Crippen LogP contribution in [0.3, 0.4) is 0 Å². The minimum Gasteiger partial charge on any atom is -0.392 e. The van der Waals surface area contributed by atoms with E-state index in [2.05, 4.69) is 0 Å². The summed E-state index contributed by atoms with van der Waals surface area (Å²) in [4.78, 5) is 0. The molecule has 0 radical (unpaired) electrons. The van der Waals surface area contributed by atoms with Gasteiger partial charge in [-0.15, -0.1) is 0 Å². The molecule has 0 aliphatic heterocycles. The van der Waals surface area contributed by atoms with Gasteiger partial charge in [-0.25, -0.2) is 0 Å². The van der Waals surface area contributed by atoms with Crippen molar-refractivity contribution in [1.29, 1.82) is 0 Å². The number of aliphatic hydroxyl groups excluding tert-OH is 1. The van der Waals surface area contributed by atoms with Crippen molar-refractivity contribution in [3.63, 3.8) is 0 Å². The number of rotatable bonds is 1. The van der Waals surface area contributed by atoms with Gasteiger partial charge >= 0.3 is 0 Å². The van der Waals surface area contributed by atoms with Crippen LogP contribution in [-0.4, -0.2) is 11.2 Å². The van der Waals surface area contributed by atoms with Crippen LogP contribution in [0.25, 0.3) is 0 Å². The first-order chi connectivity index (χ1) is 6.79. The number of benzene rings is 1. The van der Waals surface area contributed by atoms with Gasteiger partial charge in [-0.1, -0.05) is 42.6 Å². The molecule has 0 aromatic heterocycles. The summed E-state index contributed by atoms with van der Waals surface area (Å²) in [7, 11) is 0. The van der Waals surface area contributed by atoms with Crippen molar-refractivity contribution in [3.8, 4) is 0 Å². The zero-order valence-electron chi connectivity index (χ0n) is 8.12. The molecule has 1 N–H and O–H groups in total. The van der Waals surface area contributed by atoms with Crippen molar-refractivity contribution in [2.75, 3.05) is 0 Å². The molecule has 1 saturated carbocycles. The first-order valence-electron chi connectivity index (χ1n) is 5.21. The Morgan fingerprint density at radius 2 is 1.86 bits per heavy atom. The molecular weight excluding hydrogens is 196 g/mol.